The molecule has 1 heterocycles. The monoisotopic (exact) mass is 244 g/mol. The molecule has 0 saturated carbocycles. The van der Waals surface area contributed by atoms with Gasteiger partial charge in [0, 0.05) is 23.6 Å². The van der Waals surface area contributed by atoms with Gasteiger partial charge in [-0.2, -0.15) is 0 Å². The molecule has 18 heavy (non-hydrogen) atoms. The van der Waals surface area contributed by atoms with Crippen molar-refractivity contribution < 1.29 is 0 Å². The normalized spacial score (nSPS) is 13.5. The van der Waals surface area contributed by atoms with Crippen molar-refractivity contribution >= 4 is 10.9 Å². The number of aromatic nitrogens is 1. The van der Waals surface area contributed by atoms with Crippen molar-refractivity contribution in [1.29, 1.82) is 0 Å². The minimum Gasteiger partial charge on any atom is -0.348 e. The second kappa shape index (κ2) is 4.77. The minimum absolute atomic E-state index is 0.413. The summed E-state index contributed by atoms with van der Waals surface area (Å²) in [5.41, 5.74) is 11.3. The molecule has 1 aromatic carbocycles. The number of aryl methyl sites for hydroxylation is 1. The summed E-state index contributed by atoms with van der Waals surface area (Å²) in [7, 11) is 2.14. The molecule has 1 atom stereocenters. The maximum Gasteiger partial charge on any atom is 0.0482 e. The highest BCUT2D eigenvalue weighted by Crippen LogP contribution is 2.32. The zero-order valence-corrected chi connectivity index (χ0v) is 12.1. The van der Waals surface area contributed by atoms with Gasteiger partial charge < -0.3 is 10.3 Å². The summed E-state index contributed by atoms with van der Waals surface area (Å²) >= 11 is 0. The first-order chi connectivity index (χ1) is 8.47. The molecule has 0 bridgehead atoms. The van der Waals surface area contributed by atoms with E-state index in [0.29, 0.717) is 18.4 Å². The fraction of sp³-hybridized carbons (Fsp3) is 0.500. The molecule has 0 fully saturated rings. The summed E-state index contributed by atoms with van der Waals surface area (Å²) < 4.78 is 2.28. The van der Waals surface area contributed by atoms with E-state index in [9.17, 15) is 0 Å². The molecule has 0 spiro atoms. The predicted molar refractivity (Wildman–Crippen MR) is 79.2 cm³/mol. The van der Waals surface area contributed by atoms with Gasteiger partial charge in [-0.15, -0.1) is 0 Å². The lowest BCUT2D eigenvalue weighted by atomic mass is 9.95. The van der Waals surface area contributed by atoms with E-state index in [1.165, 1.54) is 27.7 Å². The lowest BCUT2D eigenvalue weighted by molar-refractivity contribution is 0.761. The molecule has 2 nitrogen and oxygen atoms in total. The molecule has 2 N–H and O–H groups in total. The van der Waals surface area contributed by atoms with Crippen LogP contribution in [0.2, 0.25) is 0 Å². The van der Waals surface area contributed by atoms with E-state index >= 15 is 0 Å². The Balaban J connectivity index is 2.74. The molecule has 0 amide bonds. The number of hydrogen-bond donors (Lipinski definition) is 1. The number of benzene rings is 1. The van der Waals surface area contributed by atoms with E-state index in [1.807, 2.05) is 0 Å². The molecule has 2 aromatic rings. The van der Waals surface area contributed by atoms with Gasteiger partial charge in [0.1, 0.15) is 0 Å². The number of nitrogens with zero attached hydrogens (tertiary/aromatic N) is 1. The van der Waals surface area contributed by atoms with Crippen molar-refractivity contribution in [1.82, 2.24) is 4.57 Å². The Morgan fingerprint density at radius 2 is 1.89 bits per heavy atom. The highest BCUT2D eigenvalue weighted by Gasteiger charge is 2.17. The van der Waals surface area contributed by atoms with E-state index in [1.54, 1.807) is 0 Å². The number of rotatable bonds is 3. The van der Waals surface area contributed by atoms with Gasteiger partial charge in [0.2, 0.25) is 0 Å². The van der Waals surface area contributed by atoms with E-state index < -0.39 is 0 Å². The van der Waals surface area contributed by atoms with Crippen molar-refractivity contribution in [3.8, 4) is 0 Å². The lowest BCUT2D eigenvalue weighted by Crippen LogP contribution is -2.10. The first kappa shape index (κ1) is 13.2. The molecule has 0 aliphatic heterocycles. The highest BCUT2D eigenvalue weighted by atomic mass is 14.9. The minimum atomic E-state index is 0.413. The molecular formula is C16H24N2. The molecule has 1 unspecified atom stereocenters. The Morgan fingerprint density at radius 1 is 1.22 bits per heavy atom. The average Bonchev–Trinajstić information content (AvgIpc) is 2.61. The van der Waals surface area contributed by atoms with Crippen LogP contribution in [-0.4, -0.2) is 11.1 Å². The lowest BCUT2D eigenvalue weighted by Gasteiger charge is -2.10. The summed E-state index contributed by atoms with van der Waals surface area (Å²) in [6.45, 7) is 9.58. The second-order valence-corrected chi connectivity index (χ2v) is 5.63. The summed E-state index contributed by atoms with van der Waals surface area (Å²) in [4.78, 5) is 0. The Hall–Kier alpha value is -1.28. The van der Waals surface area contributed by atoms with Gasteiger partial charge in [-0.3, -0.25) is 0 Å². The fourth-order valence-corrected chi connectivity index (χ4v) is 2.72. The summed E-state index contributed by atoms with van der Waals surface area (Å²) in [5, 5.41) is 1.37. The maximum absolute atomic E-state index is 5.86. The van der Waals surface area contributed by atoms with Crippen LogP contribution in [0.4, 0.5) is 0 Å². The van der Waals surface area contributed by atoms with Gasteiger partial charge in [-0.05, 0) is 48.6 Å². The van der Waals surface area contributed by atoms with Gasteiger partial charge in [0.15, 0.2) is 0 Å². The summed E-state index contributed by atoms with van der Waals surface area (Å²) in [6, 6.07) is 6.82. The quantitative estimate of drug-likeness (QED) is 0.877. The van der Waals surface area contributed by atoms with Crippen LogP contribution < -0.4 is 5.73 Å². The predicted octanol–water partition coefficient (Wildman–Crippen LogP) is 3.67. The SMILES string of the molecule is Cc1c(C(C)CN)c2cc(C(C)C)ccc2n1C. The Morgan fingerprint density at radius 3 is 2.44 bits per heavy atom. The zero-order chi connectivity index (χ0) is 13.4. The van der Waals surface area contributed by atoms with Gasteiger partial charge >= 0.3 is 0 Å². The first-order valence-electron chi connectivity index (χ1n) is 6.76. The molecule has 0 aliphatic carbocycles. The molecule has 0 saturated heterocycles. The second-order valence-electron chi connectivity index (χ2n) is 5.63. The van der Waals surface area contributed by atoms with Crippen molar-refractivity contribution in [2.24, 2.45) is 12.8 Å². The van der Waals surface area contributed by atoms with Crippen molar-refractivity contribution in [3.63, 3.8) is 0 Å². The molecular weight excluding hydrogens is 220 g/mol. The Kier molecular flexibility index (Phi) is 3.49. The van der Waals surface area contributed by atoms with Crippen molar-refractivity contribution in [2.45, 2.75) is 39.5 Å². The van der Waals surface area contributed by atoms with Gasteiger partial charge in [0.25, 0.3) is 0 Å². The van der Waals surface area contributed by atoms with Crippen molar-refractivity contribution in [3.05, 3.63) is 35.0 Å². The van der Waals surface area contributed by atoms with Crippen molar-refractivity contribution in [2.75, 3.05) is 6.54 Å². The third kappa shape index (κ3) is 1.95. The number of nitrogens with two attached hydrogens (primary N) is 1. The van der Waals surface area contributed by atoms with Crippen LogP contribution in [0, 0.1) is 6.92 Å². The van der Waals surface area contributed by atoms with Crippen LogP contribution in [0.5, 0.6) is 0 Å². The standard InChI is InChI=1S/C16H24N2/c1-10(2)13-6-7-15-14(8-13)16(11(3)9-17)12(4)18(15)5/h6-8,10-11H,9,17H2,1-5H3. The zero-order valence-electron chi connectivity index (χ0n) is 12.1. The number of fused-ring (bicyclic) bond motifs is 1. The number of hydrogen-bond acceptors (Lipinski definition) is 1. The van der Waals surface area contributed by atoms with Crippen LogP contribution >= 0.6 is 0 Å². The van der Waals surface area contributed by atoms with Crippen LogP contribution in [0.25, 0.3) is 10.9 Å². The van der Waals surface area contributed by atoms with Crippen LogP contribution in [0.3, 0.4) is 0 Å². The largest absolute Gasteiger partial charge is 0.348 e. The third-order valence-electron chi connectivity index (χ3n) is 4.08. The van der Waals surface area contributed by atoms with E-state index in [-0.39, 0.29) is 0 Å². The molecule has 0 radical (unpaired) electrons. The van der Waals surface area contributed by atoms with Crippen LogP contribution in [-0.2, 0) is 7.05 Å². The Labute approximate surface area is 110 Å². The smallest absolute Gasteiger partial charge is 0.0482 e. The van der Waals surface area contributed by atoms with E-state index in [4.69, 9.17) is 5.73 Å². The highest BCUT2D eigenvalue weighted by molar-refractivity contribution is 5.86. The summed E-state index contributed by atoms with van der Waals surface area (Å²) in [5.74, 6) is 0.979. The maximum atomic E-state index is 5.86. The fourth-order valence-electron chi connectivity index (χ4n) is 2.72. The Bertz CT molecular complexity index is 564. The summed E-state index contributed by atoms with van der Waals surface area (Å²) in [6.07, 6.45) is 0. The molecule has 2 rings (SSSR count). The molecule has 0 aliphatic rings. The van der Waals surface area contributed by atoms with Gasteiger partial charge in [-0.25, -0.2) is 0 Å². The van der Waals surface area contributed by atoms with E-state index in [0.717, 1.165) is 0 Å². The molecule has 98 valence electrons. The van der Waals surface area contributed by atoms with Crippen LogP contribution in [0.15, 0.2) is 18.2 Å². The van der Waals surface area contributed by atoms with Crippen LogP contribution in [0.1, 0.15) is 49.4 Å². The molecule has 1 aromatic heterocycles. The first-order valence-corrected chi connectivity index (χ1v) is 6.76. The topological polar surface area (TPSA) is 30.9 Å². The van der Waals surface area contributed by atoms with E-state index in [2.05, 4.69) is 57.5 Å². The van der Waals surface area contributed by atoms with Gasteiger partial charge in [0.05, 0.1) is 0 Å². The van der Waals surface area contributed by atoms with Gasteiger partial charge in [-0.1, -0.05) is 26.8 Å². The molecule has 2 heteroatoms. The third-order valence-corrected chi connectivity index (χ3v) is 4.08. The average molecular weight is 244 g/mol.